The number of hydrogen-bond donors (Lipinski definition) is 0. The number of alkyl halides is 2. The Balaban J connectivity index is 1.95. The zero-order valence-corrected chi connectivity index (χ0v) is 15.5. The van der Waals surface area contributed by atoms with Crippen LogP contribution >= 0.6 is 7.60 Å². The summed E-state index contributed by atoms with van der Waals surface area (Å²) >= 11 is 0. The Labute approximate surface area is 150 Å². The van der Waals surface area contributed by atoms with Gasteiger partial charge in [-0.25, -0.2) is 9.69 Å². The van der Waals surface area contributed by atoms with Crippen LogP contribution in [-0.4, -0.2) is 48.9 Å². The maximum absolute atomic E-state index is 15.4. The topological polar surface area (TPSA) is 82.1 Å². The van der Waals surface area contributed by atoms with E-state index in [1.165, 1.54) is 13.8 Å². The summed E-state index contributed by atoms with van der Waals surface area (Å²) in [7, 11) is -4.78. The van der Waals surface area contributed by atoms with Gasteiger partial charge >= 0.3 is 19.4 Å². The van der Waals surface area contributed by atoms with Crippen LogP contribution < -0.4 is 0 Å². The van der Waals surface area contributed by atoms with Gasteiger partial charge in [-0.15, -0.1) is 0 Å². The molecule has 2 amide bonds. The van der Waals surface area contributed by atoms with Gasteiger partial charge in [0.2, 0.25) is 5.91 Å². The zero-order valence-electron chi connectivity index (χ0n) is 14.6. The summed E-state index contributed by atoms with van der Waals surface area (Å²) in [4.78, 5) is 25.4. The van der Waals surface area contributed by atoms with E-state index in [0.717, 1.165) is 4.90 Å². The number of allylic oxidation sites excluding steroid dienone is 2. The maximum Gasteiger partial charge on any atom is 0.416 e. The van der Waals surface area contributed by atoms with Gasteiger partial charge < -0.3 is 13.8 Å². The lowest BCUT2D eigenvalue weighted by atomic mass is 9.82. The molecule has 4 atom stereocenters. The zero-order chi connectivity index (χ0) is 19.1. The largest absolute Gasteiger partial charge is 0.447 e. The third-order valence-electron chi connectivity index (χ3n) is 5.14. The number of nitrogens with zero attached hydrogens (tertiary/aromatic N) is 1. The van der Waals surface area contributed by atoms with Gasteiger partial charge in [-0.3, -0.25) is 9.36 Å². The Bertz CT molecular complexity index is 659. The molecule has 2 fully saturated rings. The molecule has 26 heavy (non-hydrogen) atoms. The first-order chi connectivity index (χ1) is 12.3. The molecule has 7 nitrogen and oxygen atoms in total. The highest BCUT2D eigenvalue weighted by molar-refractivity contribution is 7.55. The van der Waals surface area contributed by atoms with Gasteiger partial charge in [0.25, 0.3) is 0 Å². The molecule has 3 aliphatic rings. The van der Waals surface area contributed by atoms with Crippen LogP contribution in [0.4, 0.5) is 13.6 Å². The number of amides is 2. The molecule has 1 heterocycles. The average Bonchev–Trinajstić information content (AvgIpc) is 3.29. The Morgan fingerprint density at radius 1 is 1.31 bits per heavy atom. The lowest BCUT2D eigenvalue weighted by Crippen LogP contribution is -2.46. The third kappa shape index (κ3) is 2.90. The van der Waals surface area contributed by atoms with Crippen molar-refractivity contribution >= 4 is 19.6 Å². The van der Waals surface area contributed by atoms with E-state index in [2.05, 4.69) is 0 Å². The van der Waals surface area contributed by atoms with Gasteiger partial charge in [0.15, 0.2) is 0 Å². The van der Waals surface area contributed by atoms with Gasteiger partial charge in [0.05, 0.1) is 31.6 Å². The predicted octanol–water partition coefficient (Wildman–Crippen LogP) is 3.26. The molecule has 2 bridgehead atoms. The molecule has 0 N–H and O–H groups in total. The molecule has 0 spiro atoms. The lowest BCUT2D eigenvalue weighted by molar-refractivity contribution is -0.139. The van der Waals surface area contributed by atoms with Crippen LogP contribution in [0.15, 0.2) is 12.2 Å². The van der Waals surface area contributed by atoms with Crippen LogP contribution in [0.1, 0.15) is 20.3 Å². The highest BCUT2D eigenvalue weighted by Gasteiger charge is 2.68. The first-order valence-electron chi connectivity index (χ1n) is 8.70. The van der Waals surface area contributed by atoms with E-state index in [1.807, 2.05) is 0 Å². The Kier molecular flexibility index (Phi) is 5.25. The van der Waals surface area contributed by atoms with Crippen LogP contribution in [0.25, 0.3) is 0 Å². The van der Waals surface area contributed by atoms with Crippen molar-refractivity contribution < 1.29 is 36.7 Å². The van der Waals surface area contributed by atoms with Gasteiger partial charge in [0, 0.05) is 0 Å². The fraction of sp³-hybridized carbons (Fsp3) is 0.750. The molecule has 10 heteroatoms. The molecular weight excluding hydrogens is 371 g/mol. The number of hydrogen-bond acceptors (Lipinski definition) is 6. The summed E-state index contributed by atoms with van der Waals surface area (Å²) in [5, 5.41) is 0. The molecule has 3 rings (SSSR count). The first kappa shape index (κ1) is 19.5. The number of halogens is 2. The number of rotatable bonds is 7. The molecule has 0 radical (unpaired) electrons. The number of carbonyl (C=O) groups excluding carboxylic acids is 2. The van der Waals surface area contributed by atoms with Crippen molar-refractivity contribution in [3.05, 3.63) is 12.2 Å². The monoisotopic (exact) mass is 393 g/mol. The molecule has 1 aliphatic heterocycles. The molecule has 0 unspecified atom stereocenters. The van der Waals surface area contributed by atoms with E-state index in [9.17, 15) is 14.2 Å². The summed E-state index contributed by atoms with van der Waals surface area (Å²) in [6.45, 7) is 2.55. The van der Waals surface area contributed by atoms with Crippen LogP contribution in [0.3, 0.4) is 0 Å². The number of ether oxygens (including phenoxy) is 1. The van der Waals surface area contributed by atoms with Gasteiger partial charge in [-0.05, 0) is 32.1 Å². The molecule has 0 aromatic carbocycles. The normalized spacial score (nSPS) is 30.9. The van der Waals surface area contributed by atoms with Gasteiger partial charge in [-0.1, -0.05) is 12.2 Å². The quantitative estimate of drug-likeness (QED) is 0.488. The summed E-state index contributed by atoms with van der Waals surface area (Å²) in [6, 6.07) is 0. The number of fused-ring (bicyclic) bond motifs is 2. The number of cyclic esters (lactones) is 1. The molecule has 1 saturated heterocycles. The Morgan fingerprint density at radius 2 is 1.92 bits per heavy atom. The van der Waals surface area contributed by atoms with Crippen molar-refractivity contribution in [3.63, 3.8) is 0 Å². The molecular formula is C16H22F2NO6P. The van der Waals surface area contributed by atoms with E-state index in [0.29, 0.717) is 6.42 Å². The minimum absolute atomic E-state index is 0.0299. The van der Waals surface area contributed by atoms with Crippen LogP contribution in [0, 0.1) is 23.7 Å². The third-order valence-corrected chi connectivity index (χ3v) is 7.36. The van der Waals surface area contributed by atoms with Crippen molar-refractivity contribution in [1.29, 1.82) is 0 Å². The van der Waals surface area contributed by atoms with Crippen molar-refractivity contribution in [2.45, 2.75) is 25.9 Å². The number of carbonyl (C=O) groups is 2. The molecule has 0 aromatic heterocycles. The van der Waals surface area contributed by atoms with E-state index >= 15 is 8.78 Å². The molecule has 2 aliphatic carbocycles. The minimum Gasteiger partial charge on any atom is -0.447 e. The van der Waals surface area contributed by atoms with Crippen LogP contribution in [0.2, 0.25) is 0 Å². The second-order valence-corrected chi connectivity index (χ2v) is 8.63. The van der Waals surface area contributed by atoms with Crippen LogP contribution in [-0.2, 0) is 23.1 Å². The highest BCUT2D eigenvalue weighted by Crippen LogP contribution is 2.70. The van der Waals surface area contributed by atoms with E-state index in [4.69, 9.17) is 13.8 Å². The lowest BCUT2D eigenvalue weighted by Gasteiger charge is -2.37. The van der Waals surface area contributed by atoms with E-state index < -0.39 is 48.9 Å². The predicted molar refractivity (Wildman–Crippen MR) is 86.6 cm³/mol. The standard InChI is InChI=1S/C16H22F2NO6P/c1-3-24-26(22,25-4-2)16(17,18)13-11-6-5-10(9-11)12(13)14(20)19-7-8-23-15(19)21/h5-6,10-13H,3-4,7-9H2,1-2H3/t10-,11+,12-,13-/m1/s1. The summed E-state index contributed by atoms with van der Waals surface area (Å²) in [6.07, 6.45) is 2.85. The summed E-state index contributed by atoms with van der Waals surface area (Å²) in [5.41, 5.74) is -3.85. The summed E-state index contributed by atoms with van der Waals surface area (Å²) in [5.74, 6) is -4.50. The van der Waals surface area contributed by atoms with Crippen molar-refractivity contribution in [3.8, 4) is 0 Å². The Morgan fingerprint density at radius 3 is 2.46 bits per heavy atom. The molecule has 1 saturated carbocycles. The highest BCUT2D eigenvalue weighted by atomic mass is 31.2. The summed E-state index contributed by atoms with van der Waals surface area (Å²) < 4.78 is 58.0. The molecule has 0 aromatic rings. The smallest absolute Gasteiger partial charge is 0.416 e. The second-order valence-electron chi connectivity index (χ2n) is 6.52. The molecule has 146 valence electrons. The van der Waals surface area contributed by atoms with Gasteiger partial charge in [0.1, 0.15) is 6.61 Å². The van der Waals surface area contributed by atoms with Crippen LogP contribution in [0.5, 0.6) is 0 Å². The van der Waals surface area contributed by atoms with Crippen molar-refractivity contribution in [1.82, 2.24) is 4.90 Å². The first-order valence-corrected chi connectivity index (χ1v) is 10.2. The van der Waals surface area contributed by atoms with Crippen molar-refractivity contribution in [2.75, 3.05) is 26.4 Å². The SMILES string of the molecule is CCOP(=O)(OCC)C(F)(F)[C@H]1[C@H](C(=O)N2CCOC2=O)[C@@H]2C=C[C@H]1C2. The minimum atomic E-state index is -4.78. The average molecular weight is 393 g/mol. The van der Waals surface area contributed by atoms with Gasteiger partial charge in [-0.2, -0.15) is 8.78 Å². The van der Waals surface area contributed by atoms with E-state index in [1.54, 1.807) is 12.2 Å². The van der Waals surface area contributed by atoms with E-state index in [-0.39, 0.29) is 26.4 Å². The maximum atomic E-state index is 15.4. The van der Waals surface area contributed by atoms with Crippen molar-refractivity contribution in [2.24, 2.45) is 23.7 Å². The number of imide groups is 1. The Hall–Kier alpha value is -1.31. The second kappa shape index (κ2) is 7.02. The fourth-order valence-electron chi connectivity index (χ4n) is 4.14. The fourth-order valence-corrected chi connectivity index (χ4v) is 5.95.